The summed E-state index contributed by atoms with van der Waals surface area (Å²) >= 11 is 1.57. The topological polar surface area (TPSA) is 58.4 Å². The molecule has 1 aliphatic rings. The Hall–Kier alpha value is -1.23. The molecular weight excluding hydrogens is 282 g/mol. The van der Waals surface area contributed by atoms with Crippen LogP contribution in [0.2, 0.25) is 0 Å². The maximum absolute atomic E-state index is 12.2. The van der Waals surface area contributed by atoms with Crippen molar-refractivity contribution in [2.45, 2.75) is 52.4 Å². The molecule has 1 aromatic rings. The second-order valence-corrected chi connectivity index (χ2v) is 6.63. The van der Waals surface area contributed by atoms with Crippen molar-refractivity contribution in [3.05, 3.63) is 10.4 Å². The predicted molar refractivity (Wildman–Crippen MR) is 91.5 cm³/mol. The molecule has 118 valence electrons. The van der Waals surface area contributed by atoms with Crippen LogP contribution in [0.1, 0.15) is 67.6 Å². The number of nitrogens with one attached hydrogen (secondary N) is 1. The van der Waals surface area contributed by atoms with Crippen LogP contribution in [0.4, 0.5) is 10.7 Å². The van der Waals surface area contributed by atoms with E-state index in [0.717, 1.165) is 18.8 Å². The number of hydrogen-bond donors (Lipinski definition) is 2. The summed E-state index contributed by atoms with van der Waals surface area (Å²) in [4.78, 5) is 15.3. The third kappa shape index (κ3) is 3.51. The second kappa shape index (κ2) is 7.16. The van der Waals surface area contributed by atoms with Crippen molar-refractivity contribution in [1.29, 1.82) is 0 Å². The SMILES string of the molecule is CCCCN(CC)c1sc(C(=O)NCC)c(N)c1C1CC1. The molecule has 21 heavy (non-hydrogen) atoms. The minimum atomic E-state index is -0.0281. The minimum absolute atomic E-state index is 0.0281. The average molecular weight is 309 g/mol. The van der Waals surface area contributed by atoms with Crippen molar-refractivity contribution in [1.82, 2.24) is 5.32 Å². The van der Waals surface area contributed by atoms with E-state index in [9.17, 15) is 4.79 Å². The fourth-order valence-electron chi connectivity index (χ4n) is 2.61. The van der Waals surface area contributed by atoms with Crippen molar-refractivity contribution in [2.75, 3.05) is 30.3 Å². The van der Waals surface area contributed by atoms with Gasteiger partial charge >= 0.3 is 0 Å². The molecule has 0 spiro atoms. The summed E-state index contributed by atoms with van der Waals surface area (Å²) in [5, 5.41) is 4.10. The molecule has 0 bridgehead atoms. The monoisotopic (exact) mass is 309 g/mol. The third-order valence-electron chi connectivity index (χ3n) is 3.94. The standard InChI is InChI=1S/C16H27N3OS/c1-4-7-10-19(6-3)16-12(11-8-9-11)13(17)14(21-16)15(20)18-5-2/h11H,4-10,17H2,1-3H3,(H,18,20). The Morgan fingerprint density at radius 2 is 2.10 bits per heavy atom. The van der Waals surface area contributed by atoms with Crippen molar-refractivity contribution in [3.8, 4) is 0 Å². The summed E-state index contributed by atoms with van der Waals surface area (Å²) in [6.45, 7) is 8.96. The number of thiophene rings is 1. The quantitative estimate of drug-likeness (QED) is 0.771. The van der Waals surface area contributed by atoms with Crippen LogP contribution >= 0.6 is 11.3 Å². The van der Waals surface area contributed by atoms with Gasteiger partial charge in [-0.25, -0.2) is 0 Å². The van der Waals surface area contributed by atoms with Gasteiger partial charge in [-0.1, -0.05) is 13.3 Å². The number of carbonyl (C=O) groups is 1. The van der Waals surface area contributed by atoms with Crippen LogP contribution in [-0.2, 0) is 0 Å². The molecule has 2 rings (SSSR count). The molecule has 5 heteroatoms. The summed E-state index contributed by atoms with van der Waals surface area (Å²) in [5.41, 5.74) is 8.28. The highest BCUT2D eigenvalue weighted by Gasteiger charge is 2.34. The Kier molecular flexibility index (Phi) is 5.51. The molecule has 1 heterocycles. The first-order chi connectivity index (χ1) is 10.1. The first kappa shape index (κ1) is 16.1. The number of nitrogen functional groups attached to an aromatic ring is 1. The highest BCUT2D eigenvalue weighted by molar-refractivity contribution is 7.18. The normalized spacial score (nSPS) is 14.2. The third-order valence-corrected chi connectivity index (χ3v) is 5.22. The molecule has 3 N–H and O–H groups in total. The van der Waals surface area contributed by atoms with Gasteiger partial charge < -0.3 is 16.0 Å². The first-order valence-corrected chi connectivity index (χ1v) is 8.90. The van der Waals surface area contributed by atoms with E-state index in [2.05, 4.69) is 24.1 Å². The van der Waals surface area contributed by atoms with E-state index in [1.807, 2.05) is 6.92 Å². The Morgan fingerprint density at radius 3 is 2.62 bits per heavy atom. The maximum atomic E-state index is 12.2. The maximum Gasteiger partial charge on any atom is 0.263 e. The second-order valence-electron chi connectivity index (χ2n) is 5.63. The molecule has 0 aliphatic heterocycles. The zero-order valence-corrected chi connectivity index (χ0v) is 14.2. The zero-order valence-electron chi connectivity index (χ0n) is 13.4. The van der Waals surface area contributed by atoms with E-state index in [1.165, 1.54) is 36.2 Å². The number of hydrogen-bond acceptors (Lipinski definition) is 4. The lowest BCUT2D eigenvalue weighted by Gasteiger charge is -2.22. The molecule has 0 unspecified atom stereocenters. The van der Waals surface area contributed by atoms with Crippen molar-refractivity contribution >= 4 is 27.9 Å². The van der Waals surface area contributed by atoms with Crippen molar-refractivity contribution in [3.63, 3.8) is 0 Å². The van der Waals surface area contributed by atoms with Gasteiger partial charge in [-0.3, -0.25) is 4.79 Å². The van der Waals surface area contributed by atoms with Crippen LogP contribution in [0.3, 0.4) is 0 Å². The zero-order chi connectivity index (χ0) is 15.4. The lowest BCUT2D eigenvalue weighted by atomic mass is 10.1. The highest BCUT2D eigenvalue weighted by atomic mass is 32.1. The molecule has 0 saturated heterocycles. The highest BCUT2D eigenvalue weighted by Crippen LogP contribution is 2.52. The number of anilines is 2. The molecule has 0 aromatic carbocycles. The first-order valence-electron chi connectivity index (χ1n) is 8.09. The van der Waals surface area contributed by atoms with E-state index in [1.54, 1.807) is 11.3 Å². The summed E-state index contributed by atoms with van der Waals surface area (Å²) < 4.78 is 0. The molecule has 1 aliphatic carbocycles. The van der Waals surface area contributed by atoms with E-state index >= 15 is 0 Å². The number of carbonyl (C=O) groups excluding carboxylic acids is 1. The van der Waals surface area contributed by atoms with Gasteiger partial charge in [-0.05, 0) is 39.0 Å². The Bertz CT molecular complexity index is 494. The number of nitrogens with two attached hydrogens (primary N) is 1. The van der Waals surface area contributed by atoms with E-state index in [4.69, 9.17) is 5.73 Å². The van der Waals surface area contributed by atoms with Crippen LogP contribution in [0.15, 0.2) is 0 Å². The van der Waals surface area contributed by atoms with Gasteiger partial charge in [0.2, 0.25) is 0 Å². The van der Waals surface area contributed by atoms with Crippen LogP contribution in [-0.4, -0.2) is 25.5 Å². The summed E-state index contributed by atoms with van der Waals surface area (Å²) in [5.74, 6) is 0.537. The molecule has 1 amide bonds. The van der Waals surface area contributed by atoms with E-state index in [-0.39, 0.29) is 5.91 Å². The van der Waals surface area contributed by atoms with Gasteiger partial charge in [0.25, 0.3) is 5.91 Å². The van der Waals surface area contributed by atoms with Crippen molar-refractivity contribution in [2.24, 2.45) is 0 Å². The van der Waals surface area contributed by atoms with Crippen molar-refractivity contribution < 1.29 is 4.79 Å². The Labute approximate surface area is 131 Å². The summed E-state index contributed by atoms with van der Waals surface area (Å²) in [6.07, 6.45) is 4.76. The largest absolute Gasteiger partial charge is 0.397 e. The lowest BCUT2D eigenvalue weighted by Crippen LogP contribution is -2.23. The van der Waals surface area contributed by atoms with Gasteiger partial charge in [-0.2, -0.15) is 0 Å². The van der Waals surface area contributed by atoms with E-state index in [0.29, 0.717) is 17.3 Å². The van der Waals surface area contributed by atoms with Crippen LogP contribution in [0.5, 0.6) is 0 Å². The average Bonchev–Trinajstić information content (AvgIpc) is 3.24. The number of amides is 1. The summed E-state index contributed by atoms with van der Waals surface area (Å²) in [6, 6.07) is 0. The minimum Gasteiger partial charge on any atom is -0.397 e. The molecule has 1 aromatic heterocycles. The van der Waals surface area contributed by atoms with Gasteiger partial charge in [0.05, 0.1) is 10.7 Å². The molecule has 1 fully saturated rings. The molecule has 0 radical (unpaired) electrons. The van der Waals surface area contributed by atoms with Gasteiger partial charge in [-0.15, -0.1) is 11.3 Å². The predicted octanol–water partition coefficient (Wildman–Crippen LogP) is 3.58. The molecule has 1 saturated carbocycles. The number of unbranched alkanes of at least 4 members (excludes halogenated alkanes) is 1. The summed E-state index contributed by atoms with van der Waals surface area (Å²) in [7, 11) is 0. The van der Waals surface area contributed by atoms with Gasteiger partial charge in [0.1, 0.15) is 4.88 Å². The number of rotatable bonds is 8. The van der Waals surface area contributed by atoms with Gasteiger partial charge in [0, 0.05) is 25.2 Å². The molecule has 4 nitrogen and oxygen atoms in total. The molecule has 0 atom stereocenters. The number of nitrogens with zero attached hydrogens (tertiary/aromatic N) is 1. The smallest absolute Gasteiger partial charge is 0.263 e. The lowest BCUT2D eigenvalue weighted by molar-refractivity contribution is 0.0960. The van der Waals surface area contributed by atoms with Gasteiger partial charge in [0.15, 0.2) is 0 Å². The van der Waals surface area contributed by atoms with Crippen LogP contribution < -0.4 is 16.0 Å². The Morgan fingerprint density at radius 1 is 1.38 bits per heavy atom. The fourth-order valence-corrected chi connectivity index (χ4v) is 3.92. The van der Waals surface area contributed by atoms with Crippen LogP contribution in [0, 0.1) is 0 Å². The van der Waals surface area contributed by atoms with Crippen LogP contribution in [0.25, 0.3) is 0 Å². The fraction of sp³-hybridized carbons (Fsp3) is 0.688. The van der Waals surface area contributed by atoms with E-state index < -0.39 is 0 Å². The Balaban J connectivity index is 2.34. The molecular formula is C16H27N3OS.